The number of carbonyl (C=O) groups excluding carboxylic acids is 1. The molecule has 1 aromatic rings. The molecule has 108 valence electrons. The number of hydrogen-bond acceptors (Lipinski definition) is 2. The molecule has 0 radical (unpaired) electrons. The van der Waals surface area contributed by atoms with Crippen molar-refractivity contribution in [3.05, 3.63) is 35.9 Å². The van der Waals surface area contributed by atoms with Gasteiger partial charge in [0.15, 0.2) is 0 Å². The third-order valence-electron chi connectivity index (χ3n) is 3.73. The van der Waals surface area contributed by atoms with Crippen molar-refractivity contribution < 1.29 is 14.7 Å². The highest BCUT2D eigenvalue weighted by molar-refractivity contribution is 5.88. The monoisotopic (exact) mass is 275 g/mol. The molecule has 2 N–H and O–H groups in total. The van der Waals surface area contributed by atoms with E-state index in [2.05, 4.69) is 5.32 Å². The minimum Gasteiger partial charge on any atom is -0.480 e. The molecule has 1 aliphatic carbocycles. The van der Waals surface area contributed by atoms with Gasteiger partial charge in [0.2, 0.25) is 5.91 Å². The van der Waals surface area contributed by atoms with E-state index in [1.54, 1.807) is 0 Å². The summed E-state index contributed by atoms with van der Waals surface area (Å²) in [5.41, 5.74) is 0.980. The van der Waals surface area contributed by atoms with Gasteiger partial charge in [0.1, 0.15) is 6.04 Å². The van der Waals surface area contributed by atoms with Crippen LogP contribution in [0.1, 0.15) is 44.1 Å². The van der Waals surface area contributed by atoms with E-state index in [0.29, 0.717) is 12.3 Å². The summed E-state index contributed by atoms with van der Waals surface area (Å²) in [6, 6.07) is 8.86. The van der Waals surface area contributed by atoms with E-state index in [0.717, 1.165) is 24.8 Å². The fraction of sp³-hybridized carbons (Fsp3) is 0.500. The number of hydrogen-bond donors (Lipinski definition) is 2. The van der Waals surface area contributed by atoms with Gasteiger partial charge in [-0.1, -0.05) is 43.7 Å². The van der Waals surface area contributed by atoms with Crippen molar-refractivity contribution in [1.29, 1.82) is 0 Å². The van der Waals surface area contributed by atoms with Crippen LogP contribution in [0.4, 0.5) is 0 Å². The van der Waals surface area contributed by atoms with Crippen LogP contribution in [0.5, 0.6) is 0 Å². The Morgan fingerprint density at radius 2 is 1.95 bits per heavy atom. The second kappa shape index (κ2) is 6.55. The predicted molar refractivity (Wildman–Crippen MR) is 76.4 cm³/mol. The van der Waals surface area contributed by atoms with E-state index in [1.165, 1.54) is 0 Å². The highest BCUT2D eigenvalue weighted by Gasteiger charge is 2.38. The maximum atomic E-state index is 12.4. The van der Waals surface area contributed by atoms with Crippen LogP contribution in [-0.2, 0) is 9.59 Å². The summed E-state index contributed by atoms with van der Waals surface area (Å²) in [6.45, 7) is 1.91. The first-order chi connectivity index (χ1) is 9.63. The van der Waals surface area contributed by atoms with E-state index < -0.39 is 12.0 Å². The number of aliphatic carboxylic acids is 1. The number of nitrogens with one attached hydrogen (secondary N) is 1. The van der Waals surface area contributed by atoms with Gasteiger partial charge in [-0.25, -0.2) is 4.79 Å². The Morgan fingerprint density at radius 1 is 1.30 bits per heavy atom. The van der Waals surface area contributed by atoms with E-state index in [4.69, 9.17) is 5.11 Å². The highest BCUT2D eigenvalue weighted by Crippen LogP contribution is 2.42. The van der Waals surface area contributed by atoms with E-state index in [1.807, 2.05) is 37.3 Å². The molecule has 0 heterocycles. The quantitative estimate of drug-likeness (QED) is 0.803. The van der Waals surface area contributed by atoms with Gasteiger partial charge >= 0.3 is 5.97 Å². The standard InChI is InChI=1S/C16H21NO3/c1-2-6-13(16(19)20)17-15(18)14(12-9-10-12)11-7-4-3-5-8-11/h3-5,7-8,12-14H,2,6,9-10H2,1H3,(H,17,18)(H,19,20). The number of carboxylic acid groups (broad SMARTS) is 1. The minimum absolute atomic E-state index is 0.153. The molecule has 1 fully saturated rings. The first-order valence-electron chi connectivity index (χ1n) is 7.21. The zero-order valence-electron chi connectivity index (χ0n) is 11.7. The first-order valence-corrected chi connectivity index (χ1v) is 7.21. The molecule has 2 atom stereocenters. The molecule has 0 aliphatic heterocycles. The molecule has 0 aromatic heterocycles. The largest absolute Gasteiger partial charge is 0.480 e. The molecule has 1 amide bonds. The number of carboxylic acids is 1. The number of benzene rings is 1. The summed E-state index contributed by atoms with van der Waals surface area (Å²) in [4.78, 5) is 23.6. The zero-order chi connectivity index (χ0) is 14.5. The third kappa shape index (κ3) is 3.59. The summed E-state index contributed by atoms with van der Waals surface area (Å²) in [7, 11) is 0. The van der Waals surface area contributed by atoms with Gasteiger partial charge in [-0.3, -0.25) is 4.79 Å². The van der Waals surface area contributed by atoms with Crippen LogP contribution in [0.15, 0.2) is 30.3 Å². The van der Waals surface area contributed by atoms with Crippen molar-refractivity contribution in [2.24, 2.45) is 5.92 Å². The molecule has 2 unspecified atom stereocenters. The second-order valence-corrected chi connectivity index (χ2v) is 5.41. The van der Waals surface area contributed by atoms with E-state index in [9.17, 15) is 9.59 Å². The molecule has 0 saturated heterocycles. The molecule has 0 bridgehead atoms. The van der Waals surface area contributed by atoms with Gasteiger partial charge in [0.05, 0.1) is 5.92 Å². The second-order valence-electron chi connectivity index (χ2n) is 5.41. The normalized spacial score (nSPS) is 17.2. The Labute approximate surface area is 119 Å². The van der Waals surface area contributed by atoms with Gasteiger partial charge in [0.25, 0.3) is 0 Å². The molecule has 0 spiro atoms. The van der Waals surface area contributed by atoms with Crippen molar-refractivity contribution in [1.82, 2.24) is 5.32 Å². The maximum absolute atomic E-state index is 12.4. The minimum atomic E-state index is -0.956. The van der Waals surface area contributed by atoms with Crippen molar-refractivity contribution in [3.63, 3.8) is 0 Å². The number of amides is 1. The molecule has 1 aromatic carbocycles. The average molecular weight is 275 g/mol. The first kappa shape index (κ1) is 14.6. The molecular weight excluding hydrogens is 254 g/mol. The Balaban J connectivity index is 2.10. The number of carbonyl (C=O) groups is 2. The molecule has 1 aliphatic rings. The summed E-state index contributed by atoms with van der Waals surface area (Å²) in [6.07, 6.45) is 3.28. The summed E-state index contributed by atoms with van der Waals surface area (Å²) >= 11 is 0. The molecule has 2 rings (SSSR count). The Morgan fingerprint density at radius 3 is 2.45 bits per heavy atom. The zero-order valence-corrected chi connectivity index (χ0v) is 11.7. The molecule has 4 heteroatoms. The van der Waals surface area contributed by atoms with E-state index in [-0.39, 0.29) is 11.8 Å². The molecule has 20 heavy (non-hydrogen) atoms. The molecular formula is C16H21NO3. The number of rotatable bonds is 7. The van der Waals surface area contributed by atoms with Crippen LogP contribution in [0.3, 0.4) is 0 Å². The van der Waals surface area contributed by atoms with Crippen LogP contribution in [0.25, 0.3) is 0 Å². The van der Waals surface area contributed by atoms with E-state index >= 15 is 0 Å². The van der Waals surface area contributed by atoms with Crippen LogP contribution in [0, 0.1) is 5.92 Å². The van der Waals surface area contributed by atoms with Crippen LogP contribution >= 0.6 is 0 Å². The Kier molecular flexibility index (Phi) is 4.77. The van der Waals surface area contributed by atoms with Gasteiger partial charge in [-0.2, -0.15) is 0 Å². The lowest BCUT2D eigenvalue weighted by Gasteiger charge is -2.20. The Bertz CT molecular complexity index is 468. The van der Waals surface area contributed by atoms with Gasteiger partial charge in [0, 0.05) is 0 Å². The van der Waals surface area contributed by atoms with Crippen molar-refractivity contribution in [2.45, 2.75) is 44.6 Å². The lowest BCUT2D eigenvalue weighted by molar-refractivity contribution is -0.142. The fourth-order valence-corrected chi connectivity index (χ4v) is 2.54. The van der Waals surface area contributed by atoms with Crippen molar-refractivity contribution >= 4 is 11.9 Å². The maximum Gasteiger partial charge on any atom is 0.326 e. The summed E-state index contributed by atoms with van der Waals surface area (Å²) < 4.78 is 0. The van der Waals surface area contributed by atoms with Crippen LogP contribution < -0.4 is 5.32 Å². The molecule has 4 nitrogen and oxygen atoms in total. The smallest absolute Gasteiger partial charge is 0.326 e. The SMILES string of the molecule is CCCC(NC(=O)C(c1ccccc1)C1CC1)C(=O)O. The van der Waals surface area contributed by atoms with Gasteiger partial charge in [-0.15, -0.1) is 0 Å². The van der Waals surface area contributed by atoms with Gasteiger partial charge < -0.3 is 10.4 Å². The molecule has 1 saturated carbocycles. The van der Waals surface area contributed by atoms with Crippen LogP contribution in [0.2, 0.25) is 0 Å². The van der Waals surface area contributed by atoms with Crippen molar-refractivity contribution in [2.75, 3.05) is 0 Å². The van der Waals surface area contributed by atoms with Crippen LogP contribution in [-0.4, -0.2) is 23.0 Å². The topological polar surface area (TPSA) is 66.4 Å². The third-order valence-corrected chi connectivity index (χ3v) is 3.73. The lowest BCUT2D eigenvalue weighted by atomic mass is 9.93. The lowest BCUT2D eigenvalue weighted by Crippen LogP contribution is -2.43. The predicted octanol–water partition coefficient (Wildman–Crippen LogP) is 2.55. The van der Waals surface area contributed by atoms with Gasteiger partial charge in [-0.05, 0) is 30.7 Å². The fourth-order valence-electron chi connectivity index (χ4n) is 2.54. The highest BCUT2D eigenvalue weighted by atomic mass is 16.4. The Hall–Kier alpha value is -1.84. The van der Waals surface area contributed by atoms with Crippen molar-refractivity contribution in [3.8, 4) is 0 Å². The summed E-state index contributed by atoms with van der Waals surface area (Å²) in [5.74, 6) is -0.967. The average Bonchev–Trinajstić information content (AvgIpc) is 3.24. The summed E-state index contributed by atoms with van der Waals surface area (Å²) in [5, 5.41) is 11.8.